The lowest BCUT2D eigenvalue weighted by molar-refractivity contribution is -0.127. The van der Waals surface area contributed by atoms with Crippen LogP contribution >= 0.6 is 12.4 Å². The van der Waals surface area contributed by atoms with E-state index < -0.39 is 0 Å². The largest absolute Gasteiger partial charge is 0.371 e. The summed E-state index contributed by atoms with van der Waals surface area (Å²) in [6.45, 7) is 7.03. The van der Waals surface area contributed by atoms with Crippen molar-refractivity contribution in [2.75, 3.05) is 29.9 Å². The first-order chi connectivity index (χ1) is 13.0. The Balaban J connectivity index is 0.00000280. The normalized spacial score (nSPS) is 22.9. The molecule has 3 N–H and O–H groups in total. The number of carbonyl (C=O) groups is 2. The van der Waals surface area contributed by atoms with E-state index in [0.717, 1.165) is 43.9 Å². The Bertz CT molecular complexity index is 664. The number of anilines is 2. The van der Waals surface area contributed by atoms with Crippen LogP contribution in [0.4, 0.5) is 11.4 Å². The molecule has 7 heteroatoms. The first-order valence-corrected chi connectivity index (χ1v) is 10.2. The number of nitrogens with zero attached hydrogens (tertiary/aromatic N) is 1. The molecule has 28 heavy (non-hydrogen) atoms. The van der Waals surface area contributed by atoms with E-state index in [2.05, 4.69) is 33.8 Å². The molecule has 0 aliphatic carbocycles. The maximum Gasteiger partial charge on any atom is 0.226 e. The number of benzene rings is 1. The van der Waals surface area contributed by atoms with E-state index in [9.17, 15) is 9.59 Å². The third kappa shape index (κ3) is 6.38. The fourth-order valence-electron chi connectivity index (χ4n) is 4.03. The van der Waals surface area contributed by atoms with Crippen molar-refractivity contribution in [1.29, 1.82) is 0 Å². The van der Waals surface area contributed by atoms with Gasteiger partial charge in [0.2, 0.25) is 11.8 Å². The summed E-state index contributed by atoms with van der Waals surface area (Å²) < 4.78 is 0. The van der Waals surface area contributed by atoms with Crippen LogP contribution in [0.25, 0.3) is 0 Å². The molecule has 156 valence electrons. The predicted octanol–water partition coefficient (Wildman–Crippen LogP) is 2.93. The summed E-state index contributed by atoms with van der Waals surface area (Å²) in [5.41, 5.74) is 1.97. The minimum absolute atomic E-state index is 0. The molecule has 3 rings (SSSR count). The van der Waals surface area contributed by atoms with Crippen molar-refractivity contribution in [3.63, 3.8) is 0 Å². The van der Waals surface area contributed by atoms with Crippen molar-refractivity contribution in [1.82, 2.24) is 10.6 Å². The molecule has 2 heterocycles. The van der Waals surface area contributed by atoms with E-state index in [1.54, 1.807) is 0 Å². The highest BCUT2D eigenvalue weighted by atomic mass is 35.5. The van der Waals surface area contributed by atoms with Crippen LogP contribution in [0.5, 0.6) is 0 Å². The van der Waals surface area contributed by atoms with Gasteiger partial charge in [-0.2, -0.15) is 0 Å². The lowest BCUT2D eigenvalue weighted by Gasteiger charge is -2.28. The highest BCUT2D eigenvalue weighted by Crippen LogP contribution is 2.23. The van der Waals surface area contributed by atoms with Gasteiger partial charge in [-0.15, -0.1) is 12.4 Å². The molecule has 2 saturated heterocycles. The van der Waals surface area contributed by atoms with Gasteiger partial charge in [-0.05, 0) is 64.3 Å². The van der Waals surface area contributed by atoms with Crippen LogP contribution in [-0.2, 0) is 9.59 Å². The highest BCUT2D eigenvalue weighted by Gasteiger charge is 2.26. The van der Waals surface area contributed by atoms with Gasteiger partial charge in [0.15, 0.2) is 0 Å². The molecule has 0 saturated carbocycles. The van der Waals surface area contributed by atoms with Crippen LogP contribution in [0.3, 0.4) is 0 Å². The Morgan fingerprint density at radius 1 is 1.29 bits per heavy atom. The van der Waals surface area contributed by atoms with Crippen LogP contribution in [0.15, 0.2) is 24.3 Å². The third-order valence-corrected chi connectivity index (χ3v) is 5.48. The van der Waals surface area contributed by atoms with E-state index in [4.69, 9.17) is 0 Å². The topological polar surface area (TPSA) is 73.5 Å². The standard InChI is InChI=1S/C21H32N4O2.ClH/c1-15-12-17(8-9-22-15)21(27)23-16(2)13-20(26)24-18-6-5-7-19(14-18)25-10-3-4-11-25;/h5-7,14-17,22H,3-4,8-13H2,1-2H3,(H,23,27)(H,24,26);1H/t15-,16?,17-;/m0./s1. The quantitative estimate of drug-likeness (QED) is 0.676. The monoisotopic (exact) mass is 408 g/mol. The fourth-order valence-corrected chi connectivity index (χ4v) is 4.03. The Morgan fingerprint density at radius 2 is 2.04 bits per heavy atom. The number of halogens is 1. The average Bonchev–Trinajstić information content (AvgIpc) is 3.16. The minimum atomic E-state index is -0.176. The van der Waals surface area contributed by atoms with Crippen LogP contribution in [0.1, 0.15) is 46.0 Å². The SMILES string of the molecule is CC(CC(=O)Nc1cccc(N2CCCC2)c1)NC(=O)[C@H]1CCN[C@@H](C)C1.Cl. The van der Waals surface area contributed by atoms with Gasteiger partial charge in [-0.1, -0.05) is 6.07 Å². The second kappa shape index (κ2) is 10.7. The summed E-state index contributed by atoms with van der Waals surface area (Å²) in [5.74, 6) is 0.0450. The number of amides is 2. The number of piperidine rings is 1. The van der Waals surface area contributed by atoms with Gasteiger partial charge >= 0.3 is 0 Å². The lowest BCUT2D eigenvalue weighted by atomic mass is 9.92. The predicted molar refractivity (Wildman–Crippen MR) is 116 cm³/mol. The van der Waals surface area contributed by atoms with Crippen LogP contribution in [0, 0.1) is 5.92 Å². The molecule has 1 aromatic rings. The van der Waals surface area contributed by atoms with Gasteiger partial charge < -0.3 is 20.9 Å². The first-order valence-electron chi connectivity index (χ1n) is 10.2. The molecule has 0 aromatic heterocycles. The van der Waals surface area contributed by atoms with Gasteiger partial charge in [0, 0.05) is 48.9 Å². The molecule has 2 aliphatic heterocycles. The van der Waals surface area contributed by atoms with Gasteiger partial charge in [0.05, 0.1) is 0 Å². The van der Waals surface area contributed by atoms with Crippen molar-refractivity contribution < 1.29 is 9.59 Å². The van der Waals surface area contributed by atoms with E-state index in [-0.39, 0.29) is 42.6 Å². The van der Waals surface area contributed by atoms with Crippen molar-refractivity contribution in [3.8, 4) is 0 Å². The average molecular weight is 409 g/mol. The number of carbonyl (C=O) groups excluding carboxylic acids is 2. The lowest BCUT2D eigenvalue weighted by Crippen LogP contribution is -2.45. The molecule has 2 aliphatic rings. The summed E-state index contributed by atoms with van der Waals surface area (Å²) in [6, 6.07) is 8.21. The molecule has 0 radical (unpaired) electrons. The van der Waals surface area contributed by atoms with E-state index in [1.807, 2.05) is 25.1 Å². The number of rotatable bonds is 6. The highest BCUT2D eigenvalue weighted by molar-refractivity contribution is 5.92. The number of hydrogen-bond donors (Lipinski definition) is 3. The molecular weight excluding hydrogens is 376 g/mol. The second-order valence-corrected chi connectivity index (χ2v) is 7.98. The fraction of sp³-hybridized carbons (Fsp3) is 0.619. The zero-order chi connectivity index (χ0) is 19.2. The second-order valence-electron chi connectivity index (χ2n) is 7.98. The molecule has 2 amide bonds. The van der Waals surface area contributed by atoms with Crippen molar-refractivity contribution >= 4 is 35.6 Å². The maximum absolute atomic E-state index is 12.4. The van der Waals surface area contributed by atoms with Gasteiger partial charge in [0.25, 0.3) is 0 Å². The summed E-state index contributed by atoms with van der Waals surface area (Å²) >= 11 is 0. The van der Waals surface area contributed by atoms with Crippen molar-refractivity contribution in [3.05, 3.63) is 24.3 Å². The first kappa shape index (κ1) is 22.5. The van der Waals surface area contributed by atoms with Crippen LogP contribution in [-0.4, -0.2) is 43.5 Å². The van der Waals surface area contributed by atoms with Crippen molar-refractivity contribution in [2.24, 2.45) is 5.92 Å². The molecule has 0 bridgehead atoms. The molecule has 1 aromatic carbocycles. The molecule has 1 unspecified atom stereocenters. The smallest absolute Gasteiger partial charge is 0.226 e. The van der Waals surface area contributed by atoms with E-state index >= 15 is 0 Å². The molecular formula is C21H33ClN4O2. The Labute approximate surface area is 174 Å². The van der Waals surface area contributed by atoms with Gasteiger partial charge in [0.1, 0.15) is 0 Å². The zero-order valence-electron chi connectivity index (χ0n) is 16.9. The summed E-state index contributed by atoms with van der Waals surface area (Å²) in [5, 5.41) is 9.33. The Hall–Kier alpha value is -1.79. The molecule has 6 nitrogen and oxygen atoms in total. The van der Waals surface area contributed by atoms with Gasteiger partial charge in [-0.3, -0.25) is 9.59 Å². The summed E-state index contributed by atoms with van der Waals surface area (Å²) in [4.78, 5) is 27.1. The molecule has 0 spiro atoms. The number of nitrogens with one attached hydrogen (secondary N) is 3. The van der Waals surface area contributed by atoms with E-state index in [0.29, 0.717) is 6.04 Å². The third-order valence-electron chi connectivity index (χ3n) is 5.48. The molecule has 2 fully saturated rings. The minimum Gasteiger partial charge on any atom is -0.371 e. The van der Waals surface area contributed by atoms with E-state index in [1.165, 1.54) is 12.8 Å². The van der Waals surface area contributed by atoms with Crippen LogP contribution in [0.2, 0.25) is 0 Å². The number of hydrogen-bond acceptors (Lipinski definition) is 4. The Morgan fingerprint density at radius 3 is 2.75 bits per heavy atom. The summed E-state index contributed by atoms with van der Waals surface area (Å²) in [6.07, 6.45) is 4.44. The van der Waals surface area contributed by atoms with Gasteiger partial charge in [-0.25, -0.2) is 0 Å². The maximum atomic E-state index is 12.4. The Kier molecular flexibility index (Phi) is 8.58. The zero-order valence-corrected chi connectivity index (χ0v) is 17.7. The molecule has 3 atom stereocenters. The van der Waals surface area contributed by atoms with Crippen LogP contribution < -0.4 is 20.9 Å². The van der Waals surface area contributed by atoms with Crippen molar-refractivity contribution in [2.45, 2.75) is 58.0 Å². The summed E-state index contributed by atoms with van der Waals surface area (Å²) in [7, 11) is 0.